The van der Waals surface area contributed by atoms with Crippen LogP contribution in [-0.2, 0) is 9.53 Å². The third-order valence-electron chi connectivity index (χ3n) is 2.67. The Morgan fingerprint density at radius 1 is 1.50 bits per heavy atom. The van der Waals surface area contributed by atoms with Crippen LogP contribution >= 0.6 is 0 Å². The second-order valence-electron chi connectivity index (χ2n) is 4.86. The largest absolute Gasteiger partial charge is 0.384 e. The number of nitrogens with zero attached hydrogens (tertiary/aromatic N) is 3. The number of amides is 1. The Labute approximate surface area is 119 Å². The molecule has 1 aromatic rings. The van der Waals surface area contributed by atoms with Gasteiger partial charge in [-0.2, -0.15) is 0 Å². The van der Waals surface area contributed by atoms with Gasteiger partial charge >= 0.3 is 0 Å². The summed E-state index contributed by atoms with van der Waals surface area (Å²) in [6.07, 6.45) is 0. The number of nitrogen functional groups attached to an aromatic ring is 1. The maximum absolute atomic E-state index is 11.7. The van der Waals surface area contributed by atoms with Crippen LogP contribution in [0, 0.1) is 0 Å². The Balaban J connectivity index is 2.67. The van der Waals surface area contributed by atoms with Crippen molar-refractivity contribution in [1.82, 2.24) is 15.3 Å². The quantitative estimate of drug-likeness (QED) is 0.702. The normalized spacial score (nSPS) is 10.7. The Hall–Kier alpha value is -1.89. The molecular formula is C13H23N5O2. The highest BCUT2D eigenvalue weighted by molar-refractivity contribution is 5.80. The number of carbonyl (C=O) groups excluding carboxylic acids is 1. The lowest BCUT2D eigenvalue weighted by atomic mass is 10.2. The van der Waals surface area contributed by atoms with Gasteiger partial charge in [0.15, 0.2) is 0 Å². The summed E-state index contributed by atoms with van der Waals surface area (Å²) in [4.78, 5) is 22.1. The second-order valence-corrected chi connectivity index (χ2v) is 4.86. The lowest BCUT2D eigenvalue weighted by Crippen LogP contribution is -2.37. The van der Waals surface area contributed by atoms with Gasteiger partial charge in [0.25, 0.3) is 0 Å². The van der Waals surface area contributed by atoms with Crippen LogP contribution in [0.2, 0.25) is 0 Å². The van der Waals surface area contributed by atoms with Crippen molar-refractivity contribution >= 4 is 17.5 Å². The molecule has 20 heavy (non-hydrogen) atoms. The van der Waals surface area contributed by atoms with E-state index >= 15 is 0 Å². The van der Waals surface area contributed by atoms with Crippen LogP contribution in [0.3, 0.4) is 0 Å². The zero-order chi connectivity index (χ0) is 15.1. The molecule has 0 aliphatic heterocycles. The lowest BCUT2D eigenvalue weighted by Gasteiger charge is -2.19. The molecule has 7 heteroatoms. The summed E-state index contributed by atoms with van der Waals surface area (Å²) in [6, 6.07) is 1.66. The first-order valence-electron chi connectivity index (χ1n) is 6.55. The topological polar surface area (TPSA) is 93.4 Å². The van der Waals surface area contributed by atoms with Crippen LogP contribution in [0.1, 0.15) is 25.6 Å². The highest BCUT2D eigenvalue weighted by Gasteiger charge is 2.12. The molecule has 0 aliphatic carbocycles. The van der Waals surface area contributed by atoms with E-state index in [1.54, 1.807) is 25.1 Å². The Morgan fingerprint density at radius 3 is 2.80 bits per heavy atom. The van der Waals surface area contributed by atoms with Crippen molar-refractivity contribution in [3.8, 4) is 0 Å². The molecule has 0 unspecified atom stereocenters. The van der Waals surface area contributed by atoms with Gasteiger partial charge < -0.3 is 20.7 Å². The Bertz CT molecular complexity index is 450. The van der Waals surface area contributed by atoms with Gasteiger partial charge in [0.1, 0.15) is 17.5 Å². The molecule has 0 atom stereocenters. The van der Waals surface area contributed by atoms with Crippen molar-refractivity contribution < 1.29 is 9.53 Å². The molecule has 0 spiro atoms. The number of rotatable bonds is 7. The Morgan fingerprint density at radius 2 is 2.20 bits per heavy atom. The monoisotopic (exact) mass is 281 g/mol. The van der Waals surface area contributed by atoms with Crippen LogP contribution in [0.5, 0.6) is 0 Å². The third-order valence-corrected chi connectivity index (χ3v) is 2.67. The van der Waals surface area contributed by atoms with Crippen molar-refractivity contribution in [2.75, 3.05) is 44.5 Å². The Kier molecular flexibility index (Phi) is 6.17. The van der Waals surface area contributed by atoms with E-state index in [1.807, 2.05) is 13.8 Å². The predicted molar refractivity (Wildman–Crippen MR) is 78.7 cm³/mol. The summed E-state index contributed by atoms with van der Waals surface area (Å²) >= 11 is 0. The molecule has 1 aromatic heterocycles. The standard InChI is InChI=1S/C13H23N5O2/c1-9(2)13-16-10(14)7-11(17-13)18(3)8-12(19)15-5-6-20-4/h7,9H,5-6,8H2,1-4H3,(H,15,19)(H2,14,16,17). The number of carbonyl (C=O) groups is 1. The minimum Gasteiger partial charge on any atom is -0.384 e. The van der Waals surface area contributed by atoms with E-state index in [0.29, 0.717) is 30.6 Å². The first-order valence-corrected chi connectivity index (χ1v) is 6.55. The number of anilines is 2. The number of nitrogens with one attached hydrogen (secondary N) is 1. The van der Waals surface area contributed by atoms with Gasteiger partial charge in [-0.05, 0) is 0 Å². The van der Waals surface area contributed by atoms with Crippen molar-refractivity contribution in [3.05, 3.63) is 11.9 Å². The van der Waals surface area contributed by atoms with Gasteiger partial charge in [-0.25, -0.2) is 9.97 Å². The zero-order valence-electron chi connectivity index (χ0n) is 12.5. The molecule has 1 amide bonds. The molecule has 0 bridgehead atoms. The minimum absolute atomic E-state index is 0.0900. The first kappa shape index (κ1) is 16.2. The minimum atomic E-state index is -0.0900. The number of hydrogen-bond donors (Lipinski definition) is 2. The average Bonchev–Trinajstić information content (AvgIpc) is 2.38. The number of aromatic nitrogens is 2. The smallest absolute Gasteiger partial charge is 0.239 e. The van der Waals surface area contributed by atoms with Gasteiger partial charge in [0.2, 0.25) is 5.91 Å². The number of nitrogens with two attached hydrogens (primary N) is 1. The highest BCUT2D eigenvalue weighted by Crippen LogP contribution is 2.17. The van der Waals surface area contributed by atoms with E-state index in [2.05, 4.69) is 15.3 Å². The maximum Gasteiger partial charge on any atom is 0.239 e. The molecule has 0 aromatic carbocycles. The molecule has 1 rings (SSSR count). The number of likely N-dealkylation sites (N-methyl/N-ethyl adjacent to an activating group) is 1. The fraction of sp³-hybridized carbons (Fsp3) is 0.615. The molecule has 1 heterocycles. The third kappa shape index (κ3) is 5.00. The van der Waals surface area contributed by atoms with Crippen LogP contribution in [0.25, 0.3) is 0 Å². The zero-order valence-corrected chi connectivity index (χ0v) is 12.5. The van der Waals surface area contributed by atoms with Crippen molar-refractivity contribution in [1.29, 1.82) is 0 Å². The van der Waals surface area contributed by atoms with E-state index in [4.69, 9.17) is 10.5 Å². The molecule has 0 fully saturated rings. The molecule has 0 saturated carbocycles. The highest BCUT2D eigenvalue weighted by atomic mass is 16.5. The van der Waals surface area contributed by atoms with Gasteiger partial charge in [0, 0.05) is 32.7 Å². The summed E-state index contributed by atoms with van der Waals surface area (Å²) in [6.45, 7) is 5.18. The van der Waals surface area contributed by atoms with Crippen LogP contribution in [0.15, 0.2) is 6.07 Å². The van der Waals surface area contributed by atoms with Gasteiger partial charge in [-0.3, -0.25) is 4.79 Å². The molecule has 3 N–H and O–H groups in total. The second kappa shape index (κ2) is 7.64. The van der Waals surface area contributed by atoms with Crippen molar-refractivity contribution in [2.45, 2.75) is 19.8 Å². The summed E-state index contributed by atoms with van der Waals surface area (Å²) in [5, 5.41) is 2.76. The lowest BCUT2D eigenvalue weighted by molar-refractivity contribution is -0.119. The van der Waals surface area contributed by atoms with Crippen LogP contribution in [-0.4, -0.2) is 49.7 Å². The maximum atomic E-state index is 11.7. The predicted octanol–water partition coefficient (Wildman–Crippen LogP) is 0.381. The van der Waals surface area contributed by atoms with Gasteiger partial charge in [-0.15, -0.1) is 0 Å². The SMILES string of the molecule is COCCNC(=O)CN(C)c1cc(N)nc(C(C)C)n1. The number of ether oxygens (including phenoxy) is 1. The summed E-state index contributed by atoms with van der Waals surface area (Å²) in [5.41, 5.74) is 5.77. The molecule has 112 valence electrons. The molecule has 0 radical (unpaired) electrons. The molecular weight excluding hydrogens is 258 g/mol. The summed E-state index contributed by atoms with van der Waals surface area (Å²) in [5.74, 6) is 1.81. The summed E-state index contributed by atoms with van der Waals surface area (Å²) in [7, 11) is 3.39. The average molecular weight is 281 g/mol. The fourth-order valence-corrected chi connectivity index (χ4v) is 1.57. The molecule has 7 nitrogen and oxygen atoms in total. The molecule has 0 saturated heterocycles. The van der Waals surface area contributed by atoms with E-state index < -0.39 is 0 Å². The fourth-order valence-electron chi connectivity index (χ4n) is 1.57. The van der Waals surface area contributed by atoms with E-state index in [9.17, 15) is 4.79 Å². The van der Waals surface area contributed by atoms with Crippen LogP contribution in [0.4, 0.5) is 11.6 Å². The van der Waals surface area contributed by atoms with Crippen molar-refractivity contribution in [2.24, 2.45) is 0 Å². The van der Waals surface area contributed by atoms with Crippen molar-refractivity contribution in [3.63, 3.8) is 0 Å². The van der Waals surface area contributed by atoms with Gasteiger partial charge in [-0.1, -0.05) is 13.8 Å². The van der Waals surface area contributed by atoms with Gasteiger partial charge in [0.05, 0.1) is 13.2 Å². The van der Waals surface area contributed by atoms with Crippen LogP contribution < -0.4 is 16.0 Å². The van der Waals surface area contributed by atoms with E-state index in [-0.39, 0.29) is 18.4 Å². The van der Waals surface area contributed by atoms with E-state index in [0.717, 1.165) is 0 Å². The first-order chi connectivity index (χ1) is 9.43. The summed E-state index contributed by atoms with van der Waals surface area (Å²) < 4.78 is 4.87. The molecule has 0 aliphatic rings. The number of methoxy groups -OCH3 is 1. The number of hydrogen-bond acceptors (Lipinski definition) is 6. The van der Waals surface area contributed by atoms with E-state index in [1.165, 1.54) is 0 Å².